The fraction of sp³-hybridized carbons (Fsp3) is 0.476. The monoisotopic (exact) mass is 498 g/mol. The Balaban J connectivity index is 2.18. The molecule has 182 valence electrons. The van der Waals surface area contributed by atoms with E-state index in [9.17, 15) is 18.0 Å². The van der Waals surface area contributed by atoms with Crippen LogP contribution in [0, 0.1) is 6.92 Å². The first-order valence-corrected chi connectivity index (χ1v) is 12.9. The van der Waals surface area contributed by atoms with Crippen LogP contribution in [0.2, 0.25) is 0 Å². The number of hydrogen-bond acceptors (Lipinski definition) is 8. The number of rotatable bonds is 13. The van der Waals surface area contributed by atoms with Crippen LogP contribution in [0.5, 0.6) is 5.75 Å². The fourth-order valence-electron chi connectivity index (χ4n) is 3.02. The van der Waals surface area contributed by atoms with Gasteiger partial charge in [-0.2, -0.15) is 0 Å². The summed E-state index contributed by atoms with van der Waals surface area (Å²) in [5.74, 6) is -0.426. The third-order valence-corrected chi connectivity index (χ3v) is 7.37. The maximum atomic E-state index is 12.9. The molecule has 2 aromatic rings. The highest BCUT2D eigenvalue weighted by atomic mass is 32.2. The number of ether oxygens (including phenoxy) is 1. The maximum absolute atomic E-state index is 12.9. The van der Waals surface area contributed by atoms with E-state index in [0.717, 1.165) is 17.7 Å². The minimum atomic E-state index is -3.89. The molecule has 10 nitrogen and oxygen atoms in total. The van der Waals surface area contributed by atoms with Crippen LogP contribution in [0.1, 0.15) is 51.1 Å². The van der Waals surface area contributed by atoms with Crippen molar-refractivity contribution in [1.29, 1.82) is 0 Å². The van der Waals surface area contributed by atoms with Crippen LogP contribution >= 0.6 is 11.3 Å². The largest absolute Gasteiger partial charge is 0.495 e. The third-order valence-electron chi connectivity index (χ3n) is 4.76. The summed E-state index contributed by atoms with van der Waals surface area (Å²) in [5, 5.41) is 11.8. The van der Waals surface area contributed by atoms with Crippen LogP contribution in [-0.4, -0.2) is 44.1 Å². The molecule has 4 N–H and O–H groups in total. The Morgan fingerprint density at radius 3 is 2.55 bits per heavy atom. The highest BCUT2D eigenvalue weighted by molar-refractivity contribution is 7.89. The number of benzene rings is 1. The van der Waals surface area contributed by atoms with E-state index in [0.29, 0.717) is 35.7 Å². The van der Waals surface area contributed by atoms with Crippen LogP contribution in [0.3, 0.4) is 0 Å². The lowest BCUT2D eigenvalue weighted by Crippen LogP contribution is -2.26. The van der Waals surface area contributed by atoms with E-state index < -0.39 is 15.9 Å². The van der Waals surface area contributed by atoms with Gasteiger partial charge in [-0.3, -0.25) is 14.8 Å². The van der Waals surface area contributed by atoms with Crippen molar-refractivity contribution in [3.05, 3.63) is 23.9 Å². The molecule has 0 aliphatic rings. The van der Waals surface area contributed by atoms with Crippen molar-refractivity contribution in [3.63, 3.8) is 0 Å². The van der Waals surface area contributed by atoms with Gasteiger partial charge in [0, 0.05) is 19.4 Å². The lowest BCUT2D eigenvalue weighted by atomic mass is 10.1. The molecule has 2 amide bonds. The van der Waals surface area contributed by atoms with E-state index in [2.05, 4.69) is 15.0 Å². The van der Waals surface area contributed by atoms with Crippen LogP contribution in [0.4, 0.5) is 5.13 Å². The number of thiazole rings is 1. The molecular formula is C21H30N4O6S2. The summed E-state index contributed by atoms with van der Waals surface area (Å²) in [4.78, 5) is 28.2. The van der Waals surface area contributed by atoms with Crippen LogP contribution in [0.25, 0.3) is 10.4 Å². The molecular weight excluding hydrogens is 468 g/mol. The van der Waals surface area contributed by atoms with Gasteiger partial charge in [0.1, 0.15) is 10.6 Å². The minimum absolute atomic E-state index is 0.0167. The first kappa shape index (κ1) is 26.7. The molecule has 12 heteroatoms. The zero-order valence-corrected chi connectivity index (χ0v) is 20.6. The Morgan fingerprint density at radius 1 is 1.15 bits per heavy atom. The lowest BCUT2D eigenvalue weighted by Gasteiger charge is -2.12. The van der Waals surface area contributed by atoms with Gasteiger partial charge in [0.05, 0.1) is 17.7 Å². The topological polar surface area (TPSA) is 147 Å². The van der Waals surface area contributed by atoms with E-state index in [4.69, 9.17) is 9.94 Å². The predicted molar refractivity (Wildman–Crippen MR) is 126 cm³/mol. The molecule has 0 fully saturated rings. The molecule has 0 saturated heterocycles. The summed E-state index contributed by atoms with van der Waals surface area (Å²) in [6, 6.07) is 4.84. The van der Waals surface area contributed by atoms with Crippen LogP contribution in [-0.2, 0) is 19.6 Å². The summed E-state index contributed by atoms with van der Waals surface area (Å²) < 4.78 is 33.6. The molecule has 1 heterocycles. The van der Waals surface area contributed by atoms with Crippen molar-refractivity contribution in [2.45, 2.75) is 57.3 Å². The van der Waals surface area contributed by atoms with E-state index in [-0.39, 0.29) is 29.5 Å². The number of unbranched alkanes of at least 4 members (excludes halogenated alkanes) is 2. The molecule has 0 aliphatic heterocycles. The number of aryl methyl sites for hydroxylation is 1. The number of sulfonamides is 1. The number of carbonyl (C=O) groups is 2. The number of amides is 2. The second-order valence-electron chi connectivity index (χ2n) is 7.34. The van der Waals surface area contributed by atoms with E-state index in [1.54, 1.807) is 19.1 Å². The second-order valence-corrected chi connectivity index (χ2v) is 10.1. The molecule has 0 bridgehead atoms. The van der Waals surface area contributed by atoms with Gasteiger partial charge in [-0.25, -0.2) is 23.6 Å². The van der Waals surface area contributed by atoms with Gasteiger partial charge < -0.3 is 10.1 Å². The Morgan fingerprint density at radius 2 is 1.88 bits per heavy atom. The molecule has 1 aromatic carbocycles. The van der Waals surface area contributed by atoms with E-state index in [1.807, 2.05) is 6.92 Å². The number of hydrogen-bond donors (Lipinski definition) is 4. The van der Waals surface area contributed by atoms with Crippen molar-refractivity contribution in [2.24, 2.45) is 0 Å². The first-order valence-electron chi connectivity index (χ1n) is 10.6. The van der Waals surface area contributed by atoms with Gasteiger partial charge in [0.25, 0.3) is 0 Å². The SMILES string of the molecule is CCCCC(=O)Nc1nc(C)c(-c2ccc(OC)c(S(=O)(=O)NCCCCC(=O)NO)c2)s1. The highest BCUT2D eigenvalue weighted by Gasteiger charge is 2.22. The number of nitrogens with zero attached hydrogens (tertiary/aromatic N) is 1. The number of nitrogens with one attached hydrogen (secondary N) is 3. The molecule has 0 spiro atoms. The number of carbonyl (C=O) groups excluding carboxylic acids is 2. The highest BCUT2D eigenvalue weighted by Crippen LogP contribution is 2.36. The predicted octanol–water partition coefficient (Wildman–Crippen LogP) is 3.21. The smallest absolute Gasteiger partial charge is 0.244 e. The molecule has 0 saturated carbocycles. The summed E-state index contributed by atoms with van der Waals surface area (Å²) in [5.41, 5.74) is 2.85. The Hall–Kier alpha value is -2.54. The maximum Gasteiger partial charge on any atom is 0.244 e. The van der Waals surface area contributed by atoms with Crippen LogP contribution < -0.4 is 20.3 Å². The summed E-state index contributed by atoms with van der Waals surface area (Å²) >= 11 is 1.28. The zero-order chi connectivity index (χ0) is 24.4. The van der Waals surface area contributed by atoms with Crippen molar-refractivity contribution < 1.29 is 28.0 Å². The Kier molecular flexibility index (Phi) is 10.2. The minimum Gasteiger partial charge on any atom is -0.495 e. The third kappa shape index (κ3) is 7.77. The zero-order valence-electron chi connectivity index (χ0n) is 18.9. The van der Waals surface area contributed by atoms with Crippen molar-refractivity contribution in [3.8, 4) is 16.2 Å². The van der Waals surface area contributed by atoms with Gasteiger partial charge in [-0.1, -0.05) is 24.7 Å². The van der Waals surface area contributed by atoms with Gasteiger partial charge in [-0.05, 0) is 49.9 Å². The summed E-state index contributed by atoms with van der Waals surface area (Å²) in [6.45, 7) is 3.94. The van der Waals surface area contributed by atoms with Gasteiger partial charge in [0.2, 0.25) is 21.8 Å². The number of methoxy groups -OCH3 is 1. The van der Waals surface area contributed by atoms with Gasteiger partial charge in [0.15, 0.2) is 5.13 Å². The number of hydroxylamine groups is 1. The van der Waals surface area contributed by atoms with Gasteiger partial charge in [-0.15, -0.1) is 0 Å². The first-order chi connectivity index (χ1) is 15.7. The molecule has 2 rings (SSSR count). The Bertz CT molecular complexity index is 1070. The molecule has 0 radical (unpaired) electrons. The van der Waals surface area contributed by atoms with Crippen molar-refractivity contribution >= 4 is 38.3 Å². The fourth-order valence-corrected chi connectivity index (χ4v) is 5.26. The summed E-state index contributed by atoms with van der Waals surface area (Å²) in [7, 11) is -2.49. The average Bonchev–Trinajstić information content (AvgIpc) is 3.16. The van der Waals surface area contributed by atoms with E-state index in [1.165, 1.54) is 30.0 Å². The molecule has 1 aromatic heterocycles. The average molecular weight is 499 g/mol. The van der Waals surface area contributed by atoms with Crippen molar-refractivity contribution in [2.75, 3.05) is 19.0 Å². The molecule has 0 unspecified atom stereocenters. The second kappa shape index (κ2) is 12.6. The Labute approximate surface area is 197 Å². The summed E-state index contributed by atoms with van der Waals surface area (Å²) in [6.07, 6.45) is 3.07. The quantitative estimate of drug-likeness (QED) is 0.188. The lowest BCUT2D eigenvalue weighted by molar-refractivity contribution is -0.129. The van der Waals surface area contributed by atoms with Crippen molar-refractivity contribution in [1.82, 2.24) is 15.2 Å². The normalized spacial score (nSPS) is 11.3. The molecule has 0 atom stereocenters. The number of aromatic nitrogens is 1. The number of anilines is 1. The van der Waals surface area contributed by atoms with Crippen LogP contribution in [0.15, 0.2) is 23.1 Å². The van der Waals surface area contributed by atoms with Gasteiger partial charge >= 0.3 is 0 Å². The molecule has 0 aliphatic carbocycles. The standard InChI is InChI=1S/C21H30N4O6S2/c1-4-5-8-18(26)24-21-23-14(2)20(32-21)15-10-11-16(31-3)17(13-15)33(29,30)22-12-7-6-9-19(27)25-28/h10-11,13,22,28H,4-9,12H2,1-3H3,(H,25,27)(H,23,24,26). The molecule has 33 heavy (non-hydrogen) atoms. The van der Waals surface area contributed by atoms with E-state index >= 15 is 0 Å².